The SMILES string of the molecule is CC(C)N1CCCN(C(=O)C2CCN(c3ccc(C#N)nc3)CC2)CC1. The highest BCUT2D eigenvalue weighted by Gasteiger charge is 2.30. The van der Waals surface area contributed by atoms with Gasteiger partial charge in [0.2, 0.25) is 5.91 Å². The van der Waals surface area contributed by atoms with Gasteiger partial charge in [-0.25, -0.2) is 4.98 Å². The first-order chi connectivity index (χ1) is 12.6. The molecule has 0 saturated carbocycles. The molecular weight excluding hydrogens is 326 g/mol. The minimum atomic E-state index is 0.142. The average Bonchev–Trinajstić information content (AvgIpc) is 2.94. The molecule has 0 unspecified atom stereocenters. The first-order valence-electron chi connectivity index (χ1n) is 9.72. The van der Waals surface area contributed by atoms with Crippen LogP contribution < -0.4 is 4.90 Å². The molecule has 0 atom stereocenters. The second-order valence-corrected chi connectivity index (χ2v) is 7.58. The van der Waals surface area contributed by atoms with Crippen LogP contribution in [-0.2, 0) is 4.79 Å². The van der Waals surface area contributed by atoms with Crippen LogP contribution in [0.15, 0.2) is 18.3 Å². The van der Waals surface area contributed by atoms with Gasteiger partial charge in [-0.05, 0) is 45.2 Å². The van der Waals surface area contributed by atoms with Crippen molar-refractivity contribution in [1.82, 2.24) is 14.8 Å². The zero-order valence-electron chi connectivity index (χ0n) is 15.9. The van der Waals surface area contributed by atoms with E-state index in [1.54, 1.807) is 12.3 Å². The summed E-state index contributed by atoms with van der Waals surface area (Å²) < 4.78 is 0. The van der Waals surface area contributed by atoms with Crippen molar-refractivity contribution in [2.45, 2.75) is 39.2 Å². The van der Waals surface area contributed by atoms with Crippen LogP contribution in [0, 0.1) is 17.2 Å². The van der Waals surface area contributed by atoms with Crippen molar-refractivity contribution in [2.75, 3.05) is 44.2 Å². The summed E-state index contributed by atoms with van der Waals surface area (Å²) in [6.45, 7) is 10.0. The first-order valence-corrected chi connectivity index (χ1v) is 9.72. The topological polar surface area (TPSA) is 63.5 Å². The van der Waals surface area contributed by atoms with Crippen LogP contribution in [0.4, 0.5) is 5.69 Å². The molecule has 0 aromatic carbocycles. The minimum absolute atomic E-state index is 0.142. The number of rotatable bonds is 3. The van der Waals surface area contributed by atoms with E-state index in [1.165, 1.54) is 0 Å². The van der Waals surface area contributed by atoms with Crippen molar-refractivity contribution < 1.29 is 4.79 Å². The van der Waals surface area contributed by atoms with Crippen LogP contribution in [0.2, 0.25) is 0 Å². The molecule has 0 bridgehead atoms. The predicted octanol–water partition coefficient (Wildman–Crippen LogP) is 2.11. The number of aromatic nitrogens is 1. The maximum Gasteiger partial charge on any atom is 0.225 e. The smallest absolute Gasteiger partial charge is 0.225 e. The Morgan fingerprint density at radius 2 is 1.92 bits per heavy atom. The second kappa shape index (κ2) is 8.50. The summed E-state index contributed by atoms with van der Waals surface area (Å²) in [6, 6.07) is 6.30. The molecule has 2 saturated heterocycles. The van der Waals surface area contributed by atoms with E-state index in [2.05, 4.69) is 33.5 Å². The van der Waals surface area contributed by atoms with Gasteiger partial charge in [0.05, 0.1) is 11.9 Å². The molecule has 1 aromatic rings. The number of pyridine rings is 1. The van der Waals surface area contributed by atoms with Gasteiger partial charge >= 0.3 is 0 Å². The van der Waals surface area contributed by atoms with Gasteiger partial charge in [-0.1, -0.05) is 0 Å². The Labute approximate surface area is 156 Å². The molecule has 0 N–H and O–H groups in total. The van der Waals surface area contributed by atoms with Gasteiger partial charge in [0.1, 0.15) is 11.8 Å². The Morgan fingerprint density at radius 1 is 1.15 bits per heavy atom. The van der Waals surface area contributed by atoms with Crippen LogP contribution in [0.3, 0.4) is 0 Å². The van der Waals surface area contributed by atoms with E-state index in [-0.39, 0.29) is 5.92 Å². The van der Waals surface area contributed by atoms with E-state index < -0.39 is 0 Å². The minimum Gasteiger partial charge on any atom is -0.370 e. The molecule has 0 radical (unpaired) electrons. The number of nitrogens with zero attached hydrogens (tertiary/aromatic N) is 5. The summed E-state index contributed by atoms with van der Waals surface area (Å²) in [7, 11) is 0. The first kappa shape index (κ1) is 18.7. The van der Waals surface area contributed by atoms with Gasteiger partial charge in [0.25, 0.3) is 0 Å². The van der Waals surface area contributed by atoms with Gasteiger partial charge in [0, 0.05) is 51.2 Å². The fraction of sp³-hybridized carbons (Fsp3) is 0.650. The molecule has 2 aliphatic heterocycles. The molecule has 0 spiro atoms. The van der Waals surface area contributed by atoms with Crippen LogP contribution in [0.25, 0.3) is 0 Å². The maximum atomic E-state index is 12.9. The average molecular weight is 355 g/mol. The summed E-state index contributed by atoms with van der Waals surface area (Å²) in [6.07, 6.45) is 4.61. The lowest BCUT2D eigenvalue weighted by atomic mass is 9.95. The third-order valence-electron chi connectivity index (χ3n) is 5.64. The molecule has 1 aromatic heterocycles. The van der Waals surface area contributed by atoms with Crippen LogP contribution in [-0.4, -0.2) is 66.0 Å². The van der Waals surface area contributed by atoms with Crippen molar-refractivity contribution in [1.29, 1.82) is 5.26 Å². The predicted molar refractivity (Wildman–Crippen MR) is 102 cm³/mol. The van der Waals surface area contributed by atoms with Gasteiger partial charge < -0.3 is 9.80 Å². The molecule has 3 heterocycles. The lowest BCUT2D eigenvalue weighted by Crippen LogP contribution is -2.44. The highest BCUT2D eigenvalue weighted by Crippen LogP contribution is 2.25. The maximum absolute atomic E-state index is 12.9. The van der Waals surface area contributed by atoms with E-state index in [0.717, 1.165) is 64.2 Å². The Hall–Kier alpha value is -2.13. The fourth-order valence-corrected chi connectivity index (χ4v) is 3.96. The second-order valence-electron chi connectivity index (χ2n) is 7.58. The van der Waals surface area contributed by atoms with Gasteiger partial charge in [0.15, 0.2) is 0 Å². The zero-order chi connectivity index (χ0) is 18.5. The van der Waals surface area contributed by atoms with Crippen molar-refractivity contribution in [2.24, 2.45) is 5.92 Å². The number of amides is 1. The quantitative estimate of drug-likeness (QED) is 0.831. The normalized spacial score (nSPS) is 20.1. The Kier molecular flexibility index (Phi) is 6.10. The number of carbonyl (C=O) groups is 1. The molecule has 2 aliphatic rings. The van der Waals surface area contributed by atoms with E-state index in [4.69, 9.17) is 5.26 Å². The summed E-state index contributed by atoms with van der Waals surface area (Å²) in [5, 5.41) is 8.85. The van der Waals surface area contributed by atoms with E-state index in [0.29, 0.717) is 17.6 Å². The molecule has 1 amide bonds. The zero-order valence-corrected chi connectivity index (χ0v) is 15.9. The number of hydrogen-bond donors (Lipinski definition) is 0. The van der Waals surface area contributed by atoms with Crippen LogP contribution in [0.1, 0.15) is 38.8 Å². The molecule has 6 heteroatoms. The number of carbonyl (C=O) groups excluding carboxylic acids is 1. The van der Waals surface area contributed by atoms with Crippen molar-refractivity contribution in [3.8, 4) is 6.07 Å². The highest BCUT2D eigenvalue weighted by atomic mass is 16.2. The Morgan fingerprint density at radius 3 is 2.54 bits per heavy atom. The summed E-state index contributed by atoms with van der Waals surface area (Å²) >= 11 is 0. The Bertz CT molecular complexity index is 643. The van der Waals surface area contributed by atoms with Crippen LogP contribution >= 0.6 is 0 Å². The Balaban J connectivity index is 1.52. The third kappa shape index (κ3) is 4.34. The van der Waals surface area contributed by atoms with Crippen molar-refractivity contribution in [3.05, 3.63) is 24.0 Å². The highest BCUT2D eigenvalue weighted by molar-refractivity contribution is 5.79. The third-order valence-corrected chi connectivity index (χ3v) is 5.64. The number of hydrogen-bond acceptors (Lipinski definition) is 5. The number of piperidine rings is 1. The van der Waals surface area contributed by atoms with Crippen molar-refractivity contribution in [3.63, 3.8) is 0 Å². The lowest BCUT2D eigenvalue weighted by molar-refractivity contribution is -0.136. The summed E-state index contributed by atoms with van der Waals surface area (Å²) in [5.74, 6) is 0.483. The number of anilines is 1. The van der Waals surface area contributed by atoms with E-state index in [9.17, 15) is 4.79 Å². The molecule has 2 fully saturated rings. The summed E-state index contributed by atoms with van der Waals surface area (Å²) in [5.41, 5.74) is 1.48. The van der Waals surface area contributed by atoms with Gasteiger partial charge in [-0.3, -0.25) is 9.69 Å². The van der Waals surface area contributed by atoms with Gasteiger partial charge in [-0.2, -0.15) is 5.26 Å². The molecule has 6 nitrogen and oxygen atoms in total. The largest absolute Gasteiger partial charge is 0.370 e. The molecular formula is C20H29N5O. The summed E-state index contributed by atoms with van der Waals surface area (Å²) in [4.78, 5) is 23.9. The number of nitriles is 1. The fourth-order valence-electron chi connectivity index (χ4n) is 3.96. The van der Waals surface area contributed by atoms with E-state index >= 15 is 0 Å². The monoisotopic (exact) mass is 355 g/mol. The molecule has 3 rings (SSSR count). The molecule has 26 heavy (non-hydrogen) atoms. The standard InChI is InChI=1S/C20H29N5O/c1-16(2)23-8-3-9-25(13-12-23)20(26)17-6-10-24(11-7-17)19-5-4-18(14-21)22-15-19/h4-5,15-17H,3,6-13H2,1-2H3. The van der Waals surface area contributed by atoms with E-state index in [1.807, 2.05) is 12.1 Å². The molecule has 140 valence electrons. The molecule has 0 aliphatic carbocycles. The van der Waals surface area contributed by atoms with Crippen LogP contribution in [0.5, 0.6) is 0 Å². The van der Waals surface area contributed by atoms with Gasteiger partial charge in [-0.15, -0.1) is 0 Å². The van der Waals surface area contributed by atoms with Crippen molar-refractivity contribution >= 4 is 11.6 Å². The lowest BCUT2D eigenvalue weighted by Gasteiger charge is -2.35.